The molecule has 2 aromatic carbocycles. The van der Waals surface area contributed by atoms with Crippen molar-refractivity contribution in [1.29, 1.82) is 0 Å². The number of ether oxygens (including phenoxy) is 1. The first-order chi connectivity index (χ1) is 10.1. The van der Waals surface area contributed by atoms with Crippen LogP contribution in [-0.2, 0) is 6.54 Å². The zero-order valence-corrected chi connectivity index (χ0v) is 12.7. The molecular formula is C17H18ClNO2. The zero-order valence-electron chi connectivity index (χ0n) is 11.9. The molecule has 3 rings (SSSR count). The summed E-state index contributed by atoms with van der Waals surface area (Å²) in [5.41, 5.74) is 2.02. The fourth-order valence-corrected chi connectivity index (χ4v) is 2.91. The Kier molecular flexibility index (Phi) is 4.04. The Morgan fingerprint density at radius 2 is 2.05 bits per heavy atom. The van der Waals surface area contributed by atoms with E-state index in [4.69, 9.17) is 16.3 Å². The van der Waals surface area contributed by atoms with Gasteiger partial charge in [0, 0.05) is 35.3 Å². The Hall–Kier alpha value is -1.71. The van der Waals surface area contributed by atoms with Crippen LogP contribution in [0.4, 0.5) is 0 Å². The van der Waals surface area contributed by atoms with Crippen molar-refractivity contribution in [3.8, 4) is 11.5 Å². The van der Waals surface area contributed by atoms with Crippen LogP contribution in [0.25, 0.3) is 0 Å². The summed E-state index contributed by atoms with van der Waals surface area (Å²) in [5, 5.41) is 10.7. The molecule has 2 aromatic rings. The van der Waals surface area contributed by atoms with Gasteiger partial charge in [-0.1, -0.05) is 29.8 Å². The third kappa shape index (κ3) is 2.99. The minimum atomic E-state index is 0.0680. The number of nitrogens with zero attached hydrogens (tertiary/aromatic N) is 1. The van der Waals surface area contributed by atoms with Crippen molar-refractivity contribution in [2.45, 2.75) is 19.5 Å². The molecule has 1 heterocycles. The highest BCUT2D eigenvalue weighted by Crippen LogP contribution is 2.33. The molecule has 1 aliphatic heterocycles. The van der Waals surface area contributed by atoms with Gasteiger partial charge in [0.2, 0.25) is 0 Å². The summed E-state index contributed by atoms with van der Waals surface area (Å²) in [5.74, 6) is 1.23. The van der Waals surface area contributed by atoms with Crippen molar-refractivity contribution < 1.29 is 9.84 Å². The molecule has 110 valence electrons. The van der Waals surface area contributed by atoms with E-state index in [1.54, 1.807) is 12.1 Å². The second-order valence-electron chi connectivity index (χ2n) is 5.31. The largest absolute Gasteiger partial charge is 0.508 e. The van der Waals surface area contributed by atoms with Crippen LogP contribution in [0.1, 0.15) is 24.1 Å². The van der Waals surface area contributed by atoms with Gasteiger partial charge in [-0.15, -0.1) is 0 Å². The van der Waals surface area contributed by atoms with E-state index in [1.165, 1.54) is 5.56 Å². The smallest absolute Gasteiger partial charge is 0.123 e. The molecule has 4 heteroatoms. The van der Waals surface area contributed by atoms with Crippen molar-refractivity contribution in [3.05, 3.63) is 58.6 Å². The lowest BCUT2D eigenvalue weighted by atomic mass is 10.0. The van der Waals surface area contributed by atoms with Gasteiger partial charge in [0.25, 0.3) is 0 Å². The van der Waals surface area contributed by atoms with Gasteiger partial charge in [-0.25, -0.2) is 0 Å². The maximum atomic E-state index is 10.1. The molecule has 1 aliphatic rings. The van der Waals surface area contributed by atoms with Gasteiger partial charge in [-0.05, 0) is 31.2 Å². The van der Waals surface area contributed by atoms with E-state index in [9.17, 15) is 5.11 Å². The number of benzene rings is 2. The Morgan fingerprint density at radius 1 is 1.24 bits per heavy atom. The van der Waals surface area contributed by atoms with Crippen LogP contribution < -0.4 is 4.74 Å². The summed E-state index contributed by atoms with van der Waals surface area (Å²) in [6.45, 7) is 4.33. The van der Waals surface area contributed by atoms with Crippen LogP contribution >= 0.6 is 11.6 Å². The first-order valence-corrected chi connectivity index (χ1v) is 7.46. The Bertz CT molecular complexity index is 644. The van der Waals surface area contributed by atoms with Crippen LogP contribution in [0.5, 0.6) is 11.5 Å². The summed E-state index contributed by atoms with van der Waals surface area (Å²) in [7, 11) is 0. The fourth-order valence-electron chi connectivity index (χ4n) is 2.73. The van der Waals surface area contributed by atoms with Crippen molar-refractivity contribution in [1.82, 2.24) is 4.90 Å². The van der Waals surface area contributed by atoms with E-state index in [0.29, 0.717) is 11.6 Å². The van der Waals surface area contributed by atoms with Gasteiger partial charge < -0.3 is 9.84 Å². The highest BCUT2D eigenvalue weighted by Gasteiger charge is 2.22. The number of phenolic OH excluding ortho intramolecular Hbond substituents is 1. The highest BCUT2D eigenvalue weighted by atomic mass is 35.5. The van der Waals surface area contributed by atoms with Crippen molar-refractivity contribution in [3.63, 3.8) is 0 Å². The first kappa shape index (κ1) is 14.2. The minimum absolute atomic E-state index is 0.0680. The van der Waals surface area contributed by atoms with Gasteiger partial charge in [0.05, 0.1) is 0 Å². The SMILES string of the molecule is CC(c1cc(Cl)ccc1O)N1CCOc2ccccc2C1. The number of aromatic hydroxyl groups is 1. The van der Waals surface area contributed by atoms with Gasteiger partial charge in [-0.3, -0.25) is 4.90 Å². The second-order valence-corrected chi connectivity index (χ2v) is 5.74. The molecular weight excluding hydrogens is 286 g/mol. The van der Waals surface area contributed by atoms with Crippen LogP contribution in [0.3, 0.4) is 0 Å². The van der Waals surface area contributed by atoms with Crippen LogP contribution in [0, 0.1) is 0 Å². The third-order valence-electron chi connectivity index (χ3n) is 3.97. The zero-order chi connectivity index (χ0) is 14.8. The Morgan fingerprint density at radius 3 is 2.90 bits per heavy atom. The topological polar surface area (TPSA) is 32.7 Å². The third-order valence-corrected chi connectivity index (χ3v) is 4.20. The molecule has 0 amide bonds. The average Bonchev–Trinajstić information content (AvgIpc) is 2.71. The number of hydrogen-bond acceptors (Lipinski definition) is 3. The Labute approximate surface area is 129 Å². The molecule has 0 saturated heterocycles. The molecule has 0 radical (unpaired) electrons. The van der Waals surface area contributed by atoms with E-state index in [2.05, 4.69) is 17.9 Å². The van der Waals surface area contributed by atoms with Crippen LogP contribution in [0.15, 0.2) is 42.5 Å². The lowest BCUT2D eigenvalue weighted by molar-refractivity contribution is 0.177. The van der Waals surface area contributed by atoms with Gasteiger partial charge >= 0.3 is 0 Å². The Balaban J connectivity index is 1.88. The van der Waals surface area contributed by atoms with E-state index in [0.717, 1.165) is 24.4 Å². The van der Waals surface area contributed by atoms with E-state index in [-0.39, 0.29) is 11.8 Å². The minimum Gasteiger partial charge on any atom is -0.508 e. The summed E-state index contributed by atoms with van der Waals surface area (Å²) < 4.78 is 5.79. The quantitative estimate of drug-likeness (QED) is 0.910. The standard InChI is InChI=1S/C17H18ClNO2/c1-12(15-10-14(18)6-7-16(15)20)19-8-9-21-17-5-3-2-4-13(17)11-19/h2-7,10,12,20H,8-9,11H2,1H3. The fraction of sp³-hybridized carbons (Fsp3) is 0.294. The number of fused-ring (bicyclic) bond motifs is 1. The lowest BCUT2D eigenvalue weighted by Gasteiger charge is -2.28. The monoisotopic (exact) mass is 303 g/mol. The molecule has 1 unspecified atom stereocenters. The number of hydrogen-bond donors (Lipinski definition) is 1. The van der Waals surface area contributed by atoms with Gasteiger partial charge in [0.15, 0.2) is 0 Å². The molecule has 0 fully saturated rings. The average molecular weight is 304 g/mol. The molecule has 1 N–H and O–H groups in total. The van der Waals surface area contributed by atoms with E-state index >= 15 is 0 Å². The molecule has 0 aromatic heterocycles. The van der Waals surface area contributed by atoms with E-state index < -0.39 is 0 Å². The molecule has 0 aliphatic carbocycles. The number of halogens is 1. The predicted molar refractivity (Wildman–Crippen MR) is 83.9 cm³/mol. The molecule has 0 saturated carbocycles. The number of para-hydroxylation sites is 1. The normalized spacial score (nSPS) is 16.7. The summed E-state index contributed by atoms with van der Waals surface area (Å²) >= 11 is 6.06. The van der Waals surface area contributed by atoms with Crippen molar-refractivity contribution >= 4 is 11.6 Å². The van der Waals surface area contributed by atoms with Crippen LogP contribution in [-0.4, -0.2) is 23.2 Å². The summed E-state index contributed by atoms with van der Waals surface area (Å²) in [6, 6.07) is 13.3. The number of phenols is 1. The number of rotatable bonds is 2. The maximum Gasteiger partial charge on any atom is 0.123 e. The lowest BCUT2D eigenvalue weighted by Crippen LogP contribution is -2.28. The molecule has 3 nitrogen and oxygen atoms in total. The molecule has 21 heavy (non-hydrogen) atoms. The van der Waals surface area contributed by atoms with E-state index in [1.807, 2.05) is 24.3 Å². The first-order valence-electron chi connectivity index (χ1n) is 7.08. The maximum absolute atomic E-state index is 10.1. The van der Waals surface area contributed by atoms with Crippen molar-refractivity contribution in [2.75, 3.05) is 13.2 Å². The molecule has 0 bridgehead atoms. The molecule has 0 spiro atoms. The van der Waals surface area contributed by atoms with Crippen LogP contribution in [0.2, 0.25) is 5.02 Å². The van der Waals surface area contributed by atoms with Gasteiger partial charge in [-0.2, -0.15) is 0 Å². The second kappa shape index (κ2) is 5.96. The highest BCUT2D eigenvalue weighted by molar-refractivity contribution is 6.30. The van der Waals surface area contributed by atoms with Gasteiger partial charge in [0.1, 0.15) is 18.1 Å². The summed E-state index contributed by atoms with van der Waals surface area (Å²) in [6.07, 6.45) is 0. The van der Waals surface area contributed by atoms with Crippen molar-refractivity contribution in [2.24, 2.45) is 0 Å². The summed E-state index contributed by atoms with van der Waals surface area (Å²) in [4.78, 5) is 2.29. The molecule has 1 atom stereocenters. The predicted octanol–water partition coefficient (Wildman–Crippen LogP) is 4.00.